The van der Waals surface area contributed by atoms with E-state index in [2.05, 4.69) is 75.9 Å². The van der Waals surface area contributed by atoms with Gasteiger partial charge in [0.15, 0.2) is 0 Å². The van der Waals surface area contributed by atoms with Crippen molar-refractivity contribution >= 4 is 5.82 Å². The highest BCUT2D eigenvalue weighted by atomic mass is 15.2. The first kappa shape index (κ1) is 16.0. The molecule has 0 saturated heterocycles. The first-order valence-electron chi connectivity index (χ1n) is 7.02. The summed E-state index contributed by atoms with van der Waals surface area (Å²) in [6, 6.07) is 4.29. The van der Waals surface area contributed by atoms with Crippen molar-refractivity contribution in [2.45, 2.75) is 52.5 Å². The molecule has 1 N–H and O–H groups in total. The molecule has 0 aliphatic heterocycles. The number of aromatic nitrogens is 1. The van der Waals surface area contributed by atoms with Crippen LogP contribution in [0.15, 0.2) is 18.3 Å². The molecule has 0 radical (unpaired) electrons. The molecule has 0 unspecified atom stereocenters. The summed E-state index contributed by atoms with van der Waals surface area (Å²) < 4.78 is 0. The maximum absolute atomic E-state index is 4.56. The van der Waals surface area contributed by atoms with Crippen LogP contribution >= 0.6 is 0 Å². The Bertz CT molecular complexity index is 382. The standard InChI is InChI=1S/C16H29N3/c1-15(2,3)13-8-9-14(17-12-13)19(7)11-10-18-16(4,5)6/h8-9,12,18H,10-11H2,1-7H3. The van der Waals surface area contributed by atoms with E-state index in [1.54, 1.807) is 0 Å². The fourth-order valence-corrected chi connectivity index (χ4v) is 1.77. The number of rotatable bonds is 4. The van der Waals surface area contributed by atoms with Gasteiger partial charge in [0, 0.05) is 31.9 Å². The van der Waals surface area contributed by atoms with Gasteiger partial charge in [0.1, 0.15) is 5.82 Å². The van der Waals surface area contributed by atoms with E-state index in [1.165, 1.54) is 5.56 Å². The first-order chi connectivity index (χ1) is 8.59. The molecule has 0 fully saturated rings. The maximum atomic E-state index is 4.56. The Morgan fingerprint density at radius 3 is 2.16 bits per heavy atom. The van der Waals surface area contributed by atoms with Crippen molar-refractivity contribution in [1.29, 1.82) is 0 Å². The van der Waals surface area contributed by atoms with Gasteiger partial charge >= 0.3 is 0 Å². The second-order valence-electron chi connectivity index (χ2n) is 7.25. The van der Waals surface area contributed by atoms with Crippen molar-refractivity contribution in [3.63, 3.8) is 0 Å². The van der Waals surface area contributed by atoms with Crippen LogP contribution in [0.1, 0.15) is 47.1 Å². The largest absolute Gasteiger partial charge is 0.358 e. The molecule has 19 heavy (non-hydrogen) atoms. The summed E-state index contributed by atoms with van der Waals surface area (Å²) in [6.07, 6.45) is 1.99. The number of likely N-dealkylation sites (N-methyl/N-ethyl adjacent to an activating group) is 1. The fraction of sp³-hybridized carbons (Fsp3) is 0.688. The van der Waals surface area contributed by atoms with E-state index in [4.69, 9.17) is 0 Å². The molecule has 1 rings (SSSR count). The third-order valence-corrected chi connectivity index (χ3v) is 3.11. The highest BCUT2D eigenvalue weighted by Gasteiger charge is 2.14. The Kier molecular flexibility index (Phi) is 4.97. The number of hydrogen-bond donors (Lipinski definition) is 1. The Morgan fingerprint density at radius 1 is 1.11 bits per heavy atom. The molecular formula is C16H29N3. The molecule has 3 heteroatoms. The lowest BCUT2D eigenvalue weighted by Gasteiger charge is -2.25. The quantitative estimate of drug-likeness (QED) is 0.904. The van der Waals surface area contributed by atoms with Gasteiger partial charge in [-0.1, -0.05) is 26.8 Å². The molecule has 0 aromatic carbocycles. The van der Waals surface area contributed by atoms with Crippen LogP contribution in [0.3, 0.4) is 0 Å². The zero-order valence-electron chi connectivity index (χ0n) is 13.5. The SMILES string of the molecule is CN(CCNC(C)(C)C)c1ccc(C(C)(C)C)cn1. The van der Waals surface area contributed by atoms with Gasteiger partial charge in [-0.25, -0.2) is 4.98 Å². The topological polar surface area (TPSA) is 28.2 Å². The van der Waals surface area contributed by atoms with Crippen LogP contribution in [-0.4, -0.2) is 30.7 Å². The second kappa shape index (κ2) is 5.91. The van der Waals surface area contributed by atoms with E-state index >= 15 is 0 Å². The molecule has 1 aromatic heterocycles. The fourth-order valence-electron chi connectivity index (χ4n) is 1.77. The van der Waals surface area contributed by atoms with Crippen LogP contribution < -0.4 is 10.2 Å². The molecule has 0 atom stereocenters. The first-order valence-corrected chi connectivity index (χ1v) is 7.02. The zero-order chi connectivity index (χ0) is 14.7. The van der Waals surface area contributed by atoms with E-state index in [1.807, 2.05) is 6.20 Å². The van der Waals surface area contributed by atoms with Crippen LogP contribution in [0.2, 0.25) is 0 Å². The molecule has 0 spiro atoms. The summed E-state index contributed by atoms with van der Waals surface area (Å²) in [5.41, 5.74) is 1.61. The monoisotopic (exact) mass is 263 g/mol. The molecule has 0 aliphatic rings. The summed E-state index contributed by atoms with van der Waals surface area (Å²) >= 11 is 0. The Labute approximate surface area is 118 Å². The number of pyridine rings is 1. The van der Waals surface area contributed by atoms with E-state index in [-0.39, 0.29) is 11.0 Å². The molecule has 0 amide bonds. The lowest BCUT2D eigenvalue weighted by molar-refractivity contribution is 0.430. The van der Waals surface area contributed by atoms with Gasteiger partial charge in [0.2, 0.25) is 0 Å². The number of hydrogen-bond acceptors (Lipinski definition) is 3. The molecule has 0 bridgehead atoms. The lowest BCUT2D eigenvalue weighted by Crippen LogP contribution is -2.40. The van der Waals surface area contributed by atoms with Crippen molar-refractivity contribution in [3.8, 4) is 0 Å². The maximum Gasteiger partial charge on any atom is 0.128 e. The predicted octanol–water partition coefficient (Wildman–Crippen LogP) is 3.20. The number of anilines is 1. The average Bonchev–Trinajstić information content (AvgIpc) is 2.26. The summed E-state index contributed by atoms with van der Waals surface area (Å²) in [5.74, 6) is 1.03. The van der Waals surface area contributed by atoms with Gasteiger partial charge in [-0.3, -0.25) is 0 Å². The molecule has 1 aromatic rings. The summed E-state index contributed by atoms with van der Waals surface area (Å²) in [4.78, 5) is 6.74. The molecule has 3 nitrogen and oxygen atoms in total. The van der Waals surface area contributed by atoms with E-state index in [9.17, 15) is 0 Å². The zero-order valence-corrected chi connectivity index (χ0v) is 13.5. The van der Waals surface area contributed by atoms with E-state index in [0.717, 1.165) is 18.9 Å². The minimum absolute atomic E-state index is 0.165. The Morgan fingerprint density at radius 2 is 1.74 bits per heavy atom. The predicted molar refractivity (Wildman–Crippen MR) is 84.0 cm³/mol. The van der Waals surface area contributed by atoms with Gasteiger partial charge < -0.3 is 10.2 Å². The van der Waals surface area contributed by atoms with Crippen molar-refractivity contribution in [2.75, 3.05) is 25.0 Å². The third kappa shape index (κ3) is 5.60. The molecule has 108 valence electrons. The molecule has 1 heterocycles. The van der Waals surface area contributed by atoms with E-state index in [0.29, 0.717) is 0 Å². The van der Waals surface area contributed by atoms with Crippen molar-refractivity contribution < 1.29 is 0 Å². The number of nitrogens with one attached hydrogen (secondary N) is 1. The molecule has 0 aliphatic carbocycles. The van der Waals surface area contributed by atoms with Gasteiger partial charge in [0.25, 0.3) is 0 Å². The van der Waals surface area contributed by atoms with Crippen molar-refractivity contribution in [3.05, 3.63) is 23.9 Å². The molecule has 0 saturated carbocycles. The second-order valence-corrected chi connectivity index (χ2v) is 7.25. The minimum Gasteiger partial charge on any atom is -0.358 e. The Hall–Kier alpha value is -1.09. The highest BCUT2D eigenvalue weighted by Crippen LogP contribution is 2.22. The Balaban J connectivity index is 2.56. The van der Waals surface area contributed by atoms with Crippen LogP contribution in [0.4, 0.5) is 5.82 Å². The smallest absolute Gasteiger partial charge is 0.128 e. The molecular weight excluding hydrogens is 234 g/mol. The summed E-state index contributed by atoms with van der Waals surface area (Å²) in [7, 11) is 2.09. The van der Waals surface area contributed by atoms with Gasteiger partial charge in [-0.05, 0) is 37.8 Å². The summed E-state index contributed by atoms with van der Waals surface area (Å²) in [5, 5.41) is 3.49. The lowest BCUT2D eigenvalue weighted by atomic mass is 9.88. The highest BCUT2D eigenvalue weighted by molar-refractivity contribution is 5.39. The van der Waals surface area contributed by atoms with Crippen LogP contribution in [0.5, 0.6) is 0 Å². The number of nitrogens with zero attached hydrogens (tertiary/aromatic N) is 2. The van der Waals surface area contributed by atoms with Crippen molar-refractivity contribution in [2.24, 2.45) is 0 Å². The van der Waals surface area contributed by atoms with Gasteiger partial charge in [-0.2, -0.15) is 0 Å². The minimum atomic E-state index is 0.165. The average molecular weight is 263 g/mol. The van der Waals surface area contributed by atoms with E-state index < -0.39 is 0 Å². The normalized spacial score (nSPS) is 12.6. The van der Waals surface area contributed by atoms with Gasteiger partial charge in [-0.15, -0.1) is 0 Å². The van der Waals surface area contributed by atoms with Crippen LogP contribution in [0, 0.1) is 0 Å². The van der Waals surface area contributed by atoms with Crippen LogP contribution in [0.25, 0.3) is 0 Å². The van der Waals surface area contributed by atoms with Crippen LogP contribution in [-0.2, 0) is 5.41 Å². The third-order valence-electron chi connectivity index (χ3n) is 3.11. The summed E-state index contributed by atoms with van der Waals surface area (Å²) in [6.45, 7) is 15.1. The van der Waals surface area contributed by atoms with Gasteiger partial charge in [0.05, 0.1) is 0 Å². The van der Waals surface area contributed by atoms with Crippen molar-refractivity contribution in [1.82, 2.24) is 10.3 Å².